The minimum absolute atomic E-state index is 0.148. The molecule has 1 fully saturated rings. The van der Waals surface area contributed by atoms with Gasteiger partial charge < -0.3 is 5.73 Å². The molecule has 1 nitrogen and oxygen atoms in total. The first kappa shape index (κ1) is 28.8. The molecule has 1 aliphatic rings. The third-order valence-corrected chi connectivity index (χ3v) is 6.29. The smallest absolute Gasteiger partial charge is 0.394 e. The summed E-state index contributed by atoms with van der Waals surface area (Å²) in [5, 5.41) is 0. The van der Waals surface area contributed by atoms with Crippen LogP contribution in [-0.4, -0.2) is 6.18 Å². The second-order valence-corrected chi connectivity index (χ2v) is 8.68. The number of halogens is 3. The van der Waals surface area contributed by atoms with Crippen molar-refractivity contribution < 1.29 is 13.2 Å². The summed E-state index contributed by atoms with van der Waals surface area (Å²) >= 11 is 0. The average molecular weight is 462 g/mol. The molecule has 0 saturated heterocycles. The lowest BCUT2D eigenvalue weighted by atomic mass is 9.70. The van der Waals surface area contributed by atoms with Crippen molar-refractivity contribution >= 4 is 11.8 Å². The number of aryl methyl sites for hydroxylation is 2. The van der Waals surface area contributed by atoms with Gasteiger partial charge in [-0.25, -0.2) is 0 Å². The molecular formula is C29H42F3N. The normalized spacial score (nSPS) is 14.1. The average Bonchev–Trinajstić information content (AvgIpc) is 3.67. The lowest BCUT2D eigenvalue weighted by Crippen LogP contribution is -2.26. The molecule has 0 bridgehead atoms. The van der Waals surface area contributed by atoms with Crippen LogP contribution in [0.25, 0.3) is 6.08 Å². The van der Waals surface area contributed by atoms with Crippen molar-refractivity contribution in [2.75, 3.05) is 5.73 Å². The Hall–Kier alpha value is -2.23. The monoisotopic (exact) mass is 461 g/mol. The van der Waals surface area contributed by atoms with Gasteiger partial charge in [0.2, 0.25) is 0 Å². The fourth-order valence-electron chi connectivity index (χ4n) is 3.72. The topological polar surface area (TPSA) is 26.0 Å². The minimum Gasteiger partial charge on any atom is -0.399 e. The van der Waals surface area contributed by atoms with E-state index >= 15 is 0 Å². The Bertz CT molecular complexity index is 887. The Morgan fingerprint density at radius 2 is 1.36 bits per heavy atom. The lowest BCUT2D eigenvalue weighted by Gasteiger charge is -2.34. The number of hydrogen-bond acceptors (Lipinski definition) is 1. The molecule has 0 aliphatic heterocycles. The maximum atomic E-state index is 12.8. The highest BCUT2D eigenvalue weighted by atomic mass is 19.4. The molecule has 4 heteroatoms. The van der Waals surface area contributed by atoms with Crippen LogP contribution in [0, 0.1) is 19.8 Å². The van der Waals surface area contributed by atoms with Gasteiger partial charge in [0.1, 0.15) is 0 Å². The van der Waals surface area contributed by atoms with Crippen molar-refractivity contribution in [3.63, 3.8) is 0 Å². The SMILES string of the molecule is C1CC1.CC.CCC(CC)(c1ccc(N)c(C)c1)c1ccc(/C=C/C(C)C(F)(F)F)c(C)c1. The van der Waals surface area contributed by atoms with E-state index in [1.165, 1.54) is 43.4 Å². The predicted octanol–water partition coefficient (Wildman–Crippen LogP) is 9.40. The first-order valence-corrected chi connectivity index (χ1v) is 12.3. The van der Waals surface area contributed by atoms with Crippen LogP contribution < -0.4 is 5.73 Å². The maximum Gasteiger partial charge on any atom is 0.394 e. The molecule has 1 atom stereocenters. The van der Waals surface area contributed by atoms with Crippen molar-refractivity contribution in [1.29, 1.82) is 0 Å². The van der Waals surface area contributed by atoms with E-state index in [1.54, 1.807) is 6.08 Å². The Morgan fingerprint density at radius 1 is 0.879 bits per heavy atom. The maximum absolute atomic E-state index is 12.8. The van der Waals surface area contributed by atoms with Gasteiger partial charge in [-0.05, 0) is 60.6 Å². The van der Waals surface area contributed by atoms with Gasteiger partial charge >= 0.3 is 6.18 Å². The van der Waals surface area contributed by atoms with E-state index in [1.807, 2.05) is 45.9 Å². The quantitative estimate of drug-likeness (QED) is 0.426. The highest BCUT2D eigenvalue weighted by molar-refractivity contribution is 5.57. The molecule has 1 aliphatic carbocycles. The van der Waals surface area contributed by atoms with Crippen LogP contribution in [0.5, 0.6) is 0 Å². The Labute approximate surface area is 199 Å². The van der Waals surface area contributed by atoms with Gasteiger partial charge in [-0.3, -0.25) is 0 Å². The standard InChI is InChI=1S/C24H30F3N.C3H6.C2H6/c1-6-23(7-2,21-12-13-22(28)17(4)15-21)20-11-10-19(16(3)14-20)9-8-18(5)24(25,26)27;1-2-3-1;1-2/h8-15,18H,6-7,28H2,1-5H3;1-3H2;1-2H3/b9-8+;;. The number of anilines is 1. The molecular weight excluding hydrogens is 419 g/mol. The Kier molecular flexibility index (Phi) is 11.2. The number of alkyl halides is 3. The number of nitrogen functional groups attached to an aromatic ring is 1. The van der Waals surface area contributed by atoms with Crippen molar-refractivity contribution in [2.45, 2.75) is 92.2 Å². The molecule has 0 heterocycles. The van der Waals surface area contributed by atoms with Gasteiger partial charge in [-0.15, -0.1) is 0 Å². The van der Waals surface area contributed by atoms with E-state index in [0.717, 1.165) is 35.2 Å². The van der Waals surface area contributed by atoms with Crippen molar-refractivity contribution in [2.24, 2.45) is 5.92 Å². The lowest BCUT2D eigenvalue weighted by molar-refractivity contribution is -0.156. The van der Waals surface area contributed by atoms with E-state index in [-0.39, 0.29) is 5.41 Å². The molecule has 0 aromatic heterocycles. The predicted molar refractivity (Wildman–Crippen MR) is 138 cm³/mol. The summed E-state index contributed by atoms with van der Waals surface area (Å²) in [7, 11) is 0. The summed E-state index contributed by atoms with van der Waals surface area (Å²) in [6.07, 6.45) is 4.93. The van der Waals surface area contributed by atoms with Gasteiger partial charge in [0, 0.05) is 11.1 Å². The molecule has 33 heavy (non-hydrogen) atoms. The van der Waals surface area contributed by atoms with Crippen LogP contribution in [0.1, 0.15) is 94.5 Å². The molecule has 0 spiro atoms. The van der Waals surface area contributed by atoms with Gasteiger partial charge in [-0.2, -0.15) is 13.2 Å². The van der Waals surface area contributed by atoms with Gasteiger partial charge in [-0.1, -0.05) is 96.4 Å². The van der Waals surface area contributed by atoms with E-state index < -0.39 is 12.1 Å². The number of hydrogen-bond donors (Lipinski definition) is 1. The summed E-state index contributed by atoms with van der Waals surface area (Å²) < 4.78 is 38.3. The first-order valence-electron chi connectivity index (χ1n) is 12.3. The highest BCUT2D eigenvalue weighted by Gasteiger charge is 2.34. The van der Waals surface area contributed by atoms with Crippen LogP contribution in [0.15, 0.2) is 42.5 Å². The van der Waals surface area contributed by atoms with Crippen molar-refractivity contribution in [1.82, 2.24) is 0 Å². The number of rotatable bonds is 6. The van der Waals surface area contributed by atoms with E-state index in [9.17, 15) is 13.2 Å². The molecule has 184 valence electrons. The van der Waals surface area contributed by atoms with Gasteiger partial charge in [0.25, 0.3) is 0 Å². The van der Waals surface area contributed by atoms with Gasteiger partial charge in [0.05, 0.1) is 5.92 Å². The van der Waals surface area contributed by atoms with Crippen LogP contribution in [0.2, 0.25) is 0 Å². The minimum atomic E-state index is -4.21. The highest BCUT2D eigenvalue weighted by Crippen LogP contribution is 2.40. The van der Waals surface area contributed by atoms with E-state index in [4.69, 9.17) is 5.73 Å². The molecule has 0 radical (unpaired) electrons. The summed E-state index contributed by atoms with van der Waals surface area (Å²) in [5.41, 5.74) is 11.9. The molecule has 2 N–H and O–H groups in total. The number of allylic oxidation sites excluding steroid dienone is 1. The third kappa shape index (κ3) is 7.94. The van der Waals surface area contributed by atoms with Crippen LogP contribution in [0.3, 0.4) is 0 Å². The zero-order valence-corrected chi connectivity index (χ0v) is 21.4. The fourth-order valence-corrected chi connectivity index (χ4v) is 3.72. The first-order chi connectivity index (χ1) is 15.5. The second-order valence-electron chi connectivity index (χ2n) is 8.68. The zero-order chi connectivity index (χ0) is 25.2. The zero-order valence-electron chi connectivity index (χ0n) is 21.4. The molecule has 1 unspecified atom stereocenters. The van der Waals surface area contributed by atoms with E-state index in [0.29, 0.717) is 0 Å². The number of nitrogens with two attached hydrogens (primary N) is 1. The summed E-state index contributed by atoms with van der Waals surface area (Å²) in [6, 6.07) is 12.3. The second kappa shape index (κ2) is 12.9. The van der Waals surface area contributed by atoms with Crippen LogP contribution in [0.4, 0.5) is 18.9 Å². The molecule has 1 saturated carbocycles. The summed E-state index contributed by atoms with van der Waals surface area (Å²) in [4.78, 5) is 0. The summed E-state index contributed by atoms with van der Waals surface area (Å²) in [5.74, 6) is -1.46. The van der Waals surface area contributed by atoms with Gasteiger partial charge in [0.15, 0.2) is 0 Å². The largest absolute Gasteiger partial charge is 0.399 e. The van der Waals surface area contributed by atoms with Crippen LogP contribution >= 0.6 is 0 Å². The van der Waals surface area contributed by atoms with Crippen LogP contribution in [-0.2, 0) is 5.41 Å². The molecule has 2 aromatic carbocycles. The third-order valence-electron chi connectivity index (χ3n) is 6.29. The van der Waals surface area contributed by atoms with E-state index in [2.05, 4.69) is 32.0 Å². The fraction of sp³-hybridized carbons (Fsp3) is 0.517. The van der Waals surface area contributed by atoms with Crippen molar-refractivity contribution in [3.05, 3.63) is 70.3 Å². The molecule has 0 amide bonds. The molecule has 2 aromatic rings. The number of benzene rings is 2. The Morgan fingerprint density at radius 3 is 1.76 bits per heavy atom. The summed E-state index contributed by atoms with van der Waals surface area (Å²) in [6.45, 7) is 13.5. The molecule has 3 rings (SSSR count). The Balaban J connectivity index is 0.000000979. The van der Waals surface area contributed by atoms with Crippen molar-refractivity contribution in [3.8, 4) is 0 Å².